The van der Waals surface area contributed by atoms with Crippen LogP contribution in [-0.4, -0.2) is 75.2 Å². The van der Waals surface area contributed by atoms with Crippen LogP contribution in [0.2, 0.25) is 0 Å². The average molecular weight is 490 g/mol. The van der Waals surface area contributed by atoms with Crippen LogP contribution in [0.15, 0.2) is 25.3 Å². The molecule has 182 valence electrons. The van der Waals surface area contributed by atoms with Crippen LogP contribution in [0.3, 0.4) is 0 Å². The summed E-state index contributed by atoms with van der Waals surface area (Å²) in [6.07, 6.45) is -3.81. The van der Waals surface area contributed by atoms with Crippen molar-refractivity contribution < 1.29 is 73.2 Å². The minimum atomic E-state index is -6.95. The third-order valence-electron chi connectivity index (χ3n) is 5.40. The van der Waals surface area contributed by atoms with Crippen molar-refractivity contribution in [3.63, 3.8) is 0 Å². The molecule has 0 aliphatic heterocycles. The number of rotatable bonds is 5. The number of esters is 2. The summed E-state index contributed by atoms with van der Waals surface area (Å²) in [7, 11) is 0. The molecule has 16 heteroatoms. The Labute approximate surface area is 171 Å². The molecule has 2 fully saturated rings. The van der Waals surface area contributed by atoms with Gasteiger partial charge in [0.1, 0.15) is 6.67 Å². The Kier molecular flexibility index (Phi) is 5.33. The lowest BCUT2D eigenvalue weighted by atomic mass is 9.51. The van der Waals surface area contributed by atoms with E-state index in [4.69, 9.17) is 0 Å². The van der Waals surface area contributed by atoms with Gasteiger partial charge in [-0.3, -0.25) is 0 Å². The maximum absolute atomic E-state index is 15.1. The van der Waals surface area contributed by atoms with Crippen LogP contribution in [0.25, 0.3) is 0 Å². The number of carbonyl (C=O) groups is 2. The van der Waals surface area contributed by atoms with E-state index in [0.29, 0.717) is 0 Å². The zero-order chi connectivity index (χ0) is 25.4. The van der Waals surface area contributed by atoms with E-state index < -0.39 is 71.4 Å². The van der Waals surface area contributed by atoms with Gasteiger partial charge >= 0.3 is 47.1 Å². The normalized spacial score (nSPS) is 40.6. The Bertz CT molecular complexity index is 877. The summed E-state index contributed by atoms with van der Waals surface area (Å²) in [5.74, 6) is -37.5. The molecule has 2 aliphatic rings. The van der Waals surface area contributed by atoms with Gasteiger partial charge in [0.25, 0.3) is 0 Å². The van der Waals surface area contributed by atoms with E-state index in [2.05, 4.69) is 22.6 Å². The first-order valence-corrected chi connectivity index (χ1v) is 8.09. The lowest BCUT2D eigenvalue weighted by Gasteiger charge is -2.66. The molecule has 2 rings (SSSR count). The Morgan fingerprint density at radius 3 is 1.62 bits per heavy atom. The van der Waals surface area contributed by atoms with E-state index in [1.807, 2.05) is 0 Å². The van der Waals surface area contributed by atoms with E-state index >= 15 is 30.7 Å². The van der Waals surface area contributed by atoms with Crippen molar-refractivity contribution in [2.45, 2.75) is 52.8 Å². The molecule has 4 atom stereocenters. The van der Waals surface area contributed by atoms with Crippen LogP contribution < -0.4 is 0 Å². The molecule has 2 aliphatic carbocycles. The van der Waals surface area contributed by atoms with Gasteiger partial charge in [0.15, 0.2) is 0 Å². The highest BCUT2D eigenvalue weighted by atomic mass is 19.3. The molecule has 2 N–H and O–H groups in total. The van der Waals surface area contributed by atoms with Gasteiger partial charge in [0, 0.05) is 12.2 Å². The Balaban J connectivity index is 3.15. The summed E-state index contributed by atoms with van der Waals surface area (Å²) in [5.41, 5.74) is -18.3. The first kappa shape index (κ1) is 25.9. The molecule has 0 aromatic carbocycles. The summed E-state index contributed by atoms with van der Waals surface area (Å²) < 4.78 is 155. The van der Waals surface area contributed by atoms with E-state index in [-0.39, 0.29) is 12.2 Å². The molecular weight excluding hydrogens is 478 g/mol. The lowest BCUT2D eigenvalue weighted by molar-refractivity contribution is -0.542. The van der Waals surface area contributed by atoms with Gasteiger partial charge in [-0.25, -0.2) is 14.0 Å². The molecule has 2 bridgehead atoms. The van der Waals surface area contributed by atoms with Crippen molar-refractivity contribution in [3.8, 4) is 0 Å². The van der Waals surface area contributed by atoms with Gasteiger partial charge < -0.3 is 19.7 Å². The van der Waals surface area contributed by atoms with Crippen molar-refractivity contribution >= 4 is 11.9 Å². The second kappa shape index (κ2) is 6.59. The fourth-order valence-corrected chi connectivity index (χ4v) is 3.69. The highest BCUT2D eigenvalue weighted by molar-refractivity contribution is 5.83. The van der Waals surface area contributed by atoms with E-state index in [1.165, 1.54) is 0 Å². The standard InChI is InChI=1S/C16H12F10O6/c1-3-7(27)31-11(18)5-9(29)13(19,20)10(30,6-17)15(23,24)12(14(9,21)22,16(11,25)26)32-8(28)4-2/h3-4,29-30H,1-2,5-6H2. The van der Waals surface area contributed by atoms with Crippen molar-refractivity contribution in [1.82, 2.24) is 0 Å². The van der Waals surface area contributed by atoms with Gasteiger partial charge in [-0.1, -0.05) is 13.2 Å². The SMILES string of the molecule is C=CC(=O)OC1(F)CC2(O)C(F)(F)C(O)(CF)C(F)(F)C(OC(=O)C=C)(C1(F)F)C2(F)F. The molecule has 0 spiro atoms. The summed E-state index contributed by atoms with van der Waals surface area (Å²) in [4.78, 5) is 22.7. The summed E-state index contributed by atoms with van der Waals surface area (Å²) in [5, 5.41) is 19.6. The van der Waals surface area contributed by atoms with Crippen LogP contribution in [-0.2, 0) is 19.1 Å². The minimum Gasteiger partial charge on any atom is -0.436 e. The molecule has 0 radical (unpaired) electrons. The zero-order valence-electron chi connectivity index (χ0n) is 15.3. The second-order valence-corrected chi connectivity index (χ2v) is 6.99. The number of aliphatic hydroxyl groups is 2. The maximum Gasteiger partial charge on any atom is 0.367 e. The van der Waals surface area contributed by atoms with Gasteiger partial charge in [-0.05, 0) is 0 Å². The van der Waals surface area contributed by atoms with Gasteiger partial charge in [0.2, 0.25) is 11.2 Å². The molecule has 4 unspecified atom stereocenters. The Hall–Kier alpha value is -2.36. The molecule has 6 nitrogen and oxygen atoms in total. The molecule has 2 saturated carbocycles. The fraction of sp³-hybridized carbons (Fsp3) is 0.625. The number of hydrogen-bond donors (Lipinski definition) is 2. The number of carbonyl (C=O) groups excluding carboxylic acids is 2. The fourth-order valence-electron chi connectivity index (χ4n) is 3.69. The van der Waals surface area contributed by atoms with Crippen molar-refractivity contribution in [1.29, 1.82) is 0 Å². The quantitative estimate of drug-likeness (QED) is 0.349. The average Bonchev–Trinajstić information content (AvgIpc) is 2.67. The third-order valence-corrected chi connectivity index (χ3v) is 5.40. The summed E-state index contributed by atoms with van der Waals surface area (Å²) in [6, 6.07) is 0. The smallest absolute Gasteiger partial charge is 0.367 e. The van der Waals surface area contributed by atoms with Crippen molar-refractivity contribution in [2.24, 2.45) is 0 Å². The number of fused-ring (bicyclic) bond motifs is 2. The number of halogens is 10. The largest absolute Gasteiger partial charge is 0.436 e. The van der Waals surface area contributed by atoms with Crippen LogP contribution in [0.1, 0.15) is 6.42 Å². The number of hydrogen-bond acceptors (Lipinski definition) is 6. The van der Waals surface area contributed by atoms with E-state index in [9.17, 15) is 33.0 Å². The predicted molar refractivity (Wildman–Crippen MR) is 79.4 cm³/mol. The second-order valence-electron chi connectivity index (χ2n) is 6.99. The third kappa shape index (κ3) is 2.29. The first-order valence-electron chi connectivity index (χ1n) is 8.09. The van der Waals surface area contributed by atoms with E-state index in [1.54, 1.807) is 0 Å². The summed E-state index contributed by atoms with van der Waals surface area (Å²) in [6.45, 7) is 1.67. The highest BCUT2D eigenvalue weighted by Gasteiger charge is 3.07. The van der Waals surface area contributed by atoms with E-state index in [0.717, 1.165) is 0 Å². The first-order chi connectivity index (χ1) is 14.2. The molecule has 0 amide bonds. The van der Waals surface area contributed by atoms with Crippen LogP contribution in [0, 0.1) is 0 Å². The molecule has 0 aromatic rings. The molecule has 0 saturated heterocycles. The minimum absolute atomic E-state index is 0.111. The monoisotopic (exact) mass is 490 g/mol. The highest BCUT2D eigenvalue weighted by Crippen LogP contribution is 2.75. The number of alkyl halides is 10. The van der Waals surface area contributed by atoms with Crippen LogP contribution in [0.4, 0.5) is 43.9 Å². The lowest BCUT2D eigenvalue weighted by Crippen LogP contribution is -2.98. The van der Waals surface area contributed by atoms with Crippen LogP contribution in [0.5, 0.6) is 0 Å². The van der Waals surface area contributed by atoms with Crippen molar-refractivity contribution in [2.75, 3.05) is 6.67 Å². The maximum atomic E-state index is 15.1. The molecule has 0 aromatic heterocycles. The molecule has 32 heavy (non-hydrogen) atoms. The van der Waals surface area contributed by atoms with Gasteiger partial charge in [0.05, 0.1) is 6.42 Å². The molecular formula is C16H12F10O6. The topological polar surface area (TPSA) is 93.1 Å². The van der Waals surface area contributed by atoms with Crippen LogP contribution >= 0.6 is 0 Å². The zero-order valence-corrected chi connectivity index (χ0v) is 15.3. The molecule has 0 heterocycles. The summed E-state index contributed by atoms with van der Waals surface area (Å²) >= 11 is 0. The van der Waals surface area contributed by atoms with Crippen molar-refractivity contribution in [3.05, 3.63) is 25.3 Å². The Morgan fingerprint density at radius 1 is 0.781 bits per heavy atom. The predicted octanol–water partition coefficient (Wildman–Crippen LogP) is 2.24. The number of ether oxygens (including phenoxy) is 2. The van der Waals surface area contributed by atoms with Gasteiger partial charge in [-0.15, -0.1) is 0 Å². The Morgan fingerprint density at radius 2 is 1.22 bits per heavy atom. The van der Waals surface area contributed by atoms with Gasteiger partial charge in [-0.2, -0.15) is 39.5 Å².